The van der Waals surface area contributed by atoms with Gasteiger partial charge in [0.25, 0.3) is 0 Å². The van der Waals surface area contributed by atoms with Gasteiger partial charge in [0.15, 0.2) is 0 Å². The molecule has 0 aliphatic heterocycles. The zero-order valence-electron chi connectivity index (χ0n) is 12.5. The third-order valence-electron chi connectivity index (χ3n) is 3.98. The summed E-state index contributed by atoms with van der Waals surface area (Å²) in [7, 11) is 0. The van der Waals surface area contributed by atoms with E-state index in [1.165, 1.54) is 12.1 Å². The van der Waals surface area contributed by atoms with Crippen molar-refractivity contribution in [2.24, 2.45) is 11.8 Å². The molecule has 0 spiro atoms. The molecule has 1 aliphatic rings. The zero-order valence-corrected chi connectivity index (χ0v) is 12.5. The Bertz CT molecular complexity index is 474. The highest BCUT2D eigenvalue weighted by atomic mass is 19.1. The van der Waals surface area contributed by atoms with Crippen molar-refractivity contribution < 1.29 is 14.3 Å². The lowest BCUT2D eigenvalue weighted by atomic mass is 9.97. The monoisotopic (exact) mass is 293 g/mol. The summed E-state index contributed by atoms with van der Waals surface area (Å²) in [4.78, 5) is 12.1. The molecular weight excluding hydrogens is 269 g/mol. The van der Waals surface area contributed by atoms with E-state index in [1.807, 2.05) is 13.0 Å². The molecule has 2 rings (SSSR count). The van der Waals surface area contributed by atoms with Gasteiger partial charge in [-0.1, -0.05) is 19.1 Å². The Morgan fingerprint density at radius 2 is 2.24 bits per heavy atom. The smallest absolute Gasteiger partial charge is 0.220 e. The molecule has 0 radical (unpaired) electrons. The molecular formula is C17H24FNO2. The van der Waals surface area contributed by atoms with Gasteiger partial charge < -0.3 is 10.4 Å². The Kier molecular flexibility index (Phi) is 5.74. The van der Waals surface area contributed by atoms with Crippen molar-refractivity contribution in [3.63, 3.8) is 0 Å². The topological polar surface area (TPSA) is 49.3 Å². The van der Waals surface area contributed by atoms with Gasteiger partial charge in [0, 0.05) is 19.1 Å². The van der Waals surface area contributed by atoms with Crippen molar-refractivity contribution in [3.8, 4) is 0 Å². The van der Waals surface area contributed by atoms with Crippen molar-refractivity contribution in [2.45, 2.75) is 45.1 Å². The highest BCUT2D eigenvalue weighted by Crippen LogP contribution is 2.34. The minimum absolute atomic E-state index is 0.0317. The molecule has 2 unspecified atom stereocenters. The highest BCUT2D eigenvalue weighted by molar-refractivity contribution is 5.76. The van der Waals surface area contributed by atoms with Gasteiger partial charge in [-0.25, -0.2) is 4.39 Å². The number of hydrogen-bond donors (Lipinski definition) is 2. The summed E-state index contributed by atoms with van der Waals surface area (Å²) < 4.78 is 13.1. The number of halogens is 1. The fourth-order valence-electron chi connectivity index (χ4n) is 2.78. The van der Waals surface area contributed by atoms with Crippen molar-refractivity contribution >= 4 is 5.91 Å². The van der Waals surface area contributed by atoms with Crippen LogP contribution in [0.1, 0.15) is 38.2 Å². The summed E-state index contributed by atoms with van der Waals surface area (Å²) in [5.74, 6) is 0.505. The number of amides is 1. The Morgan fingerprint density at radius 3 is 2.86 bits per heavy atom. The molecule has 3 nitrogen and oxygen atoms in total. The molecule has 0 bridgehead atoms. The second-order valence-electron chi connectivity index (χ2n) is 6.17. The number of carbonyl (C=O) groups is 1. The van der Waals surface area contributed by atoms with E-state index < -0.39 is 0 Å². The first-order valence-electron chi connectivity index (χ1n) is 7.73. The molecule has 4 heteroatoms. The van der Waals surface area contributed by atoms with Crippen LogP contribution in [0, 0.1) is 17.7 Å². The van der Waals surface area contributed by atoms with Gasteiger partial charge in [-0.2, -0.15) is 0 Å². The second kappa shape index (κ2) is 7.55. The first kappa shape index (κ1) is 16.0. The summed E-state index contributed by atoms with van der Waals surface area (Å²) in [6, 6.07) is 6.64. The first-order chi connectivity index (χ1) is 10.1. The van der Waals surface area contributed by atoms with Crippen LogP contribution < -0.4 is 5.32 Å². The fourth-order valence-corrected chi connectivity index (χ4v) is 2.78. The van der Waals surface area contributed by atoms with Gasteiger partial charge in [0.2, 0.25) is 5.91 Å². The third-order valence-corrected chi connectivity index (χ3v) is 3.98. The van der Waals surface area contributed by atoms with Crippen molar-refractivity contribution in [1.29, 1.82) is 0 Å². The molecule has 2 atom stereocenters. The van der Waals surface area contributed by atoms with Crippen molar-refractivity contribution in [2.75, 3.05) is 6.61 Å². The van der Waals surface area contributed by atoms with E-state index in [1.54, 1.807) is 6.07 Å². The lowest BCUT2D eigenvalue weighted by Crippen LogP contribution is -2.37. The van der Waals surface area contributed by atoms with E-state index in [4.69, 9.17) is 5.11 Å². The van der Waals surface area contributed by atoms with Gasteiger partial charge in [-0.3, -0.25) is 4.79 Å². The van der Waals surface area contributed by atoms with Crippen LogP contribution in [0.3, 0.4) is 0 Å². The maximum Gasteiger partial charge on any atom is 0.220 e. The summed E-state index contributed by atoms with van der Waals surface area (Å²) in [6.45, 7) is 2.11. The van der Waals surface area contributed by atoms with Gasteiger partial charge in [0.05, 0.1) is 0 Å². The number of carbonyl (C=O) groups excluding carboxylic acids is 1. The maximum absolute atomic E-state index is 13.1. The van der Waals surface area contributed by atoms with E-state index >= 15 is 0 Å². The number of rotatable bonds is 8. The molecule has 1 aliphatic carbocycles. The Balaban J connectivity index is 1.78. The summed E-state index contributed by atoms with van der Waals surface area (Å²) in [5.41, 5.74) is 0.921. The minimum Gasteiger partial charge on any atom is -0.396 e. The van der Waals surface area contributed by atoms with Crippen LogP contribution >= 0.6 is 0 Å². The Hall–Kier alpha value is -1.42. The third kappa shape index (κ3) is 5.46. The largest absolute Gasteiger partial charge is 0.396 e. The Morgan fingerprint density at radius 1 is 1.48 bits per heavy atom. The Labute approximate surface area is 125 Å². The quantitative estimate of drug-likeness (QED) is 0.774. The zero-order chi connectivity index (χ0) is 15.2. The molecule has 2 N–H and O–H groups in total. The summed E-state index contributed by atoms with van der Waals surface area (Å²) >= 11 is 0. The van der Waals surface area contributed by atoms with E-state index in [0.717, 1.165) is 18.4 Å². The van der Waals surface area contributed by atoms with Crippen LogP contribution in [-0.2, 0) is 11.2 Å². The standard InChI is InChI=1S/C17H24FNO2/c1-12(9-13-3-2-4-15(18)11-13)10-17(21)19-16(7-8-20)14-5-6-14/h2-4,11-12,14,16,20H,5-10H2,1H3,(H,19,21). The van der Waals surface area contributed by atoms with Gasteiger partial charge >= 0.3 is 0 Å². The number of aliphatic hydroxyl groups excluding tert-OH is 1. The average molecular weight is 293 g/mol. The van der Waals surface area contributed by atoms with Gasteiger partial charge in [-0.15, -0.1) is 0 Å². The predicted molar refractivity (Wildman–Crippen MR) is 80.2 cm³/mol. The summed E-state index contributed by atoms with van der Waals surface area (Å²) in [5, 5.41) is 12.1. The lowest BCUT2D eigenvalue weighted by molar-refractivity contribution is -0.122. The highest BCUT2D eigenvalue weighted by Gasteiger charge is 2.31. The molecule has 0 aromatic heterocycles. The first-order valence-corrected chi connectivity index (χ1v) is 7.73. The average Bonchev–Trinajstić information content (AvgIpc) is 3.22. The van der Waals surface area contributed by atoms with Crippen molar-refractivity contribution in [1.82, 2.24) is 5.32 Å². The number of nitrogens with one attached hydrogen (secondary N) is 1. The molecule has 0 saturated heterocycles. The maximum atomic E-state index is 13.1. The van der Waals surface area contributed by atoms with E-state index in [0.29, 0.717) is 25.2 Å². The number of aliphatic hydroxyl groups is 1. The predicted octanol–water partition coefficient (Wildman–Crippen LogP) is 2.67. The number of hydrogen-bond acceptors (Lipinski definition) is 2. The van der Waals surface area contributed by atoms with Crippen molar-refractivity contribution in [3.05, 3.63) is 35.6 Å². The van der Waals surface area contributed by atoms with Gasteiger partial charge in [0.1, 0.15) is 5.82 Å². The molecule has 1 saturated carbocycles. The normalized spacial score (nSPS) is 17.3. The van der Waals surface area contributed by atoms with E-state index in [-0.39, 0.29) is 30.3 Å². The second-order valence-corrected chi connectivity index (χ2v) is 6.17. The van der Waals surface area contributed by atoms with Crippen LogP contribution in [-0.4, -0.2) is 23.7 Å². The van der Waals surface area contributed by atoms with Gasteiger partial charge in [-0.05, 0) is 55.2 Å². The lowest BCUT2D eigenvalue weighted by Gasteiger charge is -2.19. The molecule has 1 fully saturated rings. The van der Waals surface area contributed by atoms with Crippen LogP contribution in [0.5, 0.6) is 0 Å². The van der Waals surface area contributed by atoms with E-state index in [9.17, 15) is 9.18 Å². The van der Waals surface area contributed by atoms with Crippen LogP contribution in [0.2, 0.25) is 0 Å². The minimum atomic E-state index is -0.235. The fraction of sp³-hybridized carbons (Fsp3) is 0.588. The SMILES string of the molecule is CC(CC(=O)NC(CCO)C1CC1)Cc1cccc(F)c1. The molecule has 1 amide bonds. The molecule has 0 heterocycles. The molecule has 1 aromatic rings. The van der Waals surface area contributed by atoms with Crippen LogP contribution in [0.15, 0.2) is 24.3 Å². The summed E-state index contributed by atoms with van der Waals surface area (Å²) in [6.07, 6.45) is 4.05. The van der Waals surface area contributed by atoms with Crippen LogP contribution in [0.4, 0.5) is 4.39 Å². The number of benzene rings is 1. The van der Waals surface area contributed by atoms with Crippen LogP contribution in [0.25, 0.3) is 0 Å². The van der Waals surface area contributed by atoms with E-state index in [2.05, 4.69) is 5.32 Å². The molecule has 21 heavy (non-hydrogen) atoms. The molecule has 1 aromatic carbocycles. The molecule has 116 valence electrons.